The average Bonchev–Trinajstić information content (AvgIpc) is 3.20. The van der Waals surface area contributed by atoms with Crippen molar-refractivity contribution in [3.8, 4) is 11.1 Å². The SMILES string of the molecule is CO[C@H](C)[C@H](NC(=O)OCC1c2ccccc2-c2ccccc21)C(=O)N1CC2C(C1)C2C(=O)O. The highest BCUT2D eigenvalue weighted by Gasteiger charge is 2.61. The summed E-state index contributed by atoms with van der Waals surface area (Å²) in [5.74, 6) is -1.54. The van der Waals surface area contributed by atoms with Crippen molar-refractivity contribution >= 4 is 18.0 Å². The molecule has 2 N–H and O–H groups in total. The van der Waals surface area contributed by atoms with Crippen molar-refractivity contribution in [2.45, 2.75) is 25.0 Å². The number of fused-ring (bicyclic) bond motifs is 4. The van der Waals surface area contributed by atoms with Crippen LogP contribution in [-0.2, 0) is 19.1 Å². The maximum Gasteiger partial charge on any atom is 0.407 e. The lowest BCUT2D eigenvalue weighted by Crippen LogP contribution is -2.54. The van der Waals surface area contributed by atoms with E-state index in [-0.39, 0.29) is 36.2 Å². The summed E-state index contributed by atoms with van der Waals surface area (Å²) in [6.45, 7) is 2.64. The minimum absolute atomic E-state index is 0.00518. The van der Waals surface area contributed by atoms with Gasteiger partial charge in [-0.2, -0.15) is 0 Å². The Balaban J connectivity index is 1.23. The Bertz CT molecular complexity index is 1080. The molecule has 178 valence electrons. The predicted molar refractivity (Wildman–Crippen MR) is 123 cm³/mol. The maximum atomic E-state index is 13.1. The number of amides is 2. The van der Waals surface area contributed by atoms with Gasteiger partial charge in [0.15, 0.2) is 0 Å². The Hall–Kier alpha value is -3.39. The third kappa shape index (κ3) is 3.81. The molecule has 1 aliphatic heterocycles. The van der Waals surface area contributed by atoms with Crippen molar-refractivity contribution in [2.75, 3.05) is 26.8 Å². The lowest BCUT2D eigenvalue weighted by atomic mass is 9.98. The third-order valence-electron chi connectivity index (χ3n) is 7.52. The molecular weight excluding hydrogens is 436 g/mol. The van der Waals surface area contributed by atoms with E-state index in [1.807, 2.05) is 36.4 Å². The van der Waals surface area contributed by atoms with Crippen molar-refractivity contribution in [3.05, 3.63) is 59.7 Å². The third-order valence-corrected chi connectivity index (χ3v) is 7.52. The molecule has 2 aromatic carbocycles. The highest BCUT2D eigenvalue weighted by atomic mass is 16.5. The topological polar surface area (TPSA) is 105 Å². The van der Waals surface area contributed by atoms with Gasteiger partial charge in [0.1, 0.15) is 12.6 Å². The van der Waals surface area contributed by atoms with E-state index in [0.717, 1.165) is 22.3 Å². The Morgan fingerprint density at radius 1 is 1.03 bits per heavy atom. The number of carboxylic acid groups (broad SMARTS) is 1. The lowest BCUT2D eigenvalue weighted by Gasteiger charge is -2.29. The van der Waals surface area contributed by atoms with Crippen LogP contribution in [0.3, 0.4) is 0 Å². The number of ether oxygens (including phenoxy) is 2. The number of methoxy groups -OCH3 is 1. The van der Waals surface area contributed by atoms with Gasteiger partial charge in [-0.1, -0.05) is 48.5 Å². The first-order valence-corrected chi connectivity index (χ1v) is 11.6. The van der Waals surface area contributed by atoms with Crippen LogP contribution >= 0.6 is 0 Å². The van der Waals surface area contributed by atoms with Crippen LogP contribution in [0.15, 0.2) is 48.5 Å². The summed E-state index contributed by atoms with van der Waals surface area (Å²) < 4.78 is 11.0. The van der Waals surface area contributed by atoms with Crippen LogP contribution in [-0.4, -0.2) is 66.9 Å². The van der Waals surface area contributed by atoms with Crippen molar-refractivity contribution in [1.82, 2.24) is 10.2 Å². The molecule has 0 radical (unpaired) electrons. The number of hydrogen-bond acceptors (Lipinski definition) is 5. The van der Waals surface area contributed by atoms with Gasteiger partial charge in [-0.15, -0.1) is 0 Å². The number of hydrogen-bond donors (Lipinski definition) is 2. The van der Waals surface area contributed by atoms with Gasteiger partial charge in [0.05, 0.1) is 12.0 Å². The Morgan fingerprint density at radius 2 is 1.59 bits per heavy atom. The summed E-state index contributed by atoms with van der Waals surface area (Å²) >= 11 is 0. The zero-order valence-corrected chi connectivity index (χ0v) is 19.1. The Labute approximate surface area is 197 Å². The van der Waals surface area contributed by atoms with Gasteiger partial charge >= 0.3 is 12.1 Å². The highest BCUT2D eigenvalue weighted by molar-refractivity contribution is 5.87. The van der Waals surface area contributed by atoms with Crippen LogP contribution < -0.4 is 5.32 Å². The lowest BCUT2D eigenvalue weighted by molar-refractivity contribution is -0.142. The molecule has 4 atom stereocenters. The quantitative estimate of drug-likeness (QED) is 0.653. The second kappa shape index (κ2) is 8.76. The van der Waals surface area contributed by atoms with Gasteiger partial charge in [-0.3, -0.25) is 9.59 Å². The molecule has 5 rings (SSSR count). The van der Waals surface area contributed by atoms with Crippen LogP contribution in [0.4, 0.5) is 4.79 Å². The Kier molecular flexibility index (Phi) is 5.77. The molecule has 1 saturated heterocycles. The molecule has 0 aromatic heterocycles. The van der Waals surface area contributed by atoms with Crippen molar-refractivity contribution in [1.29, 1.82) is 0 Å². The summed E-state index contributed by atoms with van der Waals surface area (Å²) in [6, 6.07) is 15.3. The number of nitrogens with zero attached hydrogens (tertiary/aromatic N) is 1. The number of carbonyl (C=O) groups excluding carboxylic acids is 2. The number of alkyl carbamates (subject to hydrolysis) is 1. The van der Waals surface area contributed by atoms with Crippen LogP contribution in [0.1, 0.15) is 24.0 Å². The van der Waals surface area contributed by atoms with Gasteiger partial charge in [0.2, 0.25) is 5.91 Å². The van der Waals surface area contributed by atoms with E-state index >= 15 is 0 Å². The average molecular weight is 465 g/mol. The smallest absolute Gasteiger partial charge is 0.407 e. The van der Waals surface area contributed by atoms with Crippen LogP contribution in [0, 0.1) is 17.8 Å². The van der Waals surface area contributed by atoms with Gasteiger partial charge in [-0.05, 0) is 41.0 Å². The molecular formula is C26H28N2O6. The molecule has 2 unspecified atom stereocenters. The zero-order valence-electron chi connectivity index (χ0n) is 19.1. The summed E-state index contributed by atoms with van der Waals surface area (Å²) in [7, 11) is 1.48. The number of carbonyl (C=O) groups is 3. The second-order valence-corrected chi connectivity index (χ2v) is 9.32. The molecule has 34 heavy (non-hydrogen) atoms. The maximum absolute atomic E-state index is 13.1. The summed E-state index contributed by atoms with van der Waals surface area (Å²) in [5, 5.41) is 11.9. The standard InChI is InChI=1S/C26H28N2O6/c1-14(33-2)23(24(29)28-11-19-20(12-28)22(19)25(30)31)27-26(32)34-13-21-17-9-5-3-7-15(17)16-8-4-6-10-18(16)21/h3-10,14,19-23H,11-13H2,1-2H3,(H,27,32)(H,30,31)/t14-,19?,20?,22?,23+/m1/s1. The monoisotopic (exact) mass is 464 g/mol. The van der Waals surface area contributed by atoms with Gasteiger partial charge in [0, 0.05) is 26.1 Å². The molecule has 8 heteroatoms. The fraction of sp³-hybridized carbons (Fsp3) is 0.423. The number of piperidine rings is 1. The van der Waals surface area contributed by atoms with Crippen molar-refractivity contribution < 1.29 is 29.0 Å². The summed E-state index contributed by atoms with van der Waals surface area (Å²) in [4.78, 5) is 38.7. The number of carboxylic acids is 1. The first-order valence-electron chi connectivity index (χ1n) is 11.6. The largest absolute Gasteiger partial charge is 0.481 e. The van der Waals surface area contributed by atoms with E-state index < -0.39 is 24.2 Å². The molecule has 1 saturated carbocycles. The van der Waals surface area contributed by atoms with E-state index in [4.69, 9.17) is 9.47 Å². The van der Waals surface area contributed by atoms with E-state index in [1.165, 1.54) is 7.11 Å². The van der Waals surface area contributed by atoms with E-state index in [9.17, 15) is 19.5 Å². The summed E-state index contributed by atoms with van der Waals surface area (Å²) in [6.07, 6.45) is -1.25. The first kappa shape index (κ1) is 22.4. The van der Waals surface area contributed by atoms with Gasteiger partial charge < -0.3 is 24.8 Å². The molecule has 8 nitrogen and oxygen atoms in total. The van der Waals surface area contributed by atoms with Crippen molar-refractivity contribution in [3.63, 3.8) is 0 Å². The molecule has 2 aliphatic carbocycles. The number of likely N-dealkylation sites (tertiary alicyclic amines) is 1. The van der Waals surface area contributed by atoms with Crippen LogP contribution in [0.5, 0.6) is 0 Å². The van der Waals surface area contributed by atoms with Gasteiger partial charge in [0.25, 0.3) is 0 Å². The van der Waals surface area contributed by atoms with Crippen LogP contribution in [0.25, 0.3) is 11.1 Å². The minimum atomic E-state index is -0.915. The predicted octanol–water partition coefficient (Wildman–Crippen LogP) is 2.72. The van der Waals surface area contributed by atoms with Gasteiger partial charge in [-0.25, -0.2) is 4.79 Å². The number of rotatable bonds is 7. The number of nitrogens with one attached hydrogen (secondary N) is 1. The molecule has 2 fully saturated rings. The fourth-order valence-electron chi connectivity index (χ4n) is 5.55. The number of benzene rings is 2. The number of aliphatic carboxylic acids is 1. The van der Waals surface area contributed by atoms with E-state index in [1.54, 1.807) is 11.8 Å². The summed E-state index contributed by atoms with van der Waals surface area (Å²) in [5.41, 5.74) is 4.50. The normalized spacial score (nSPS) is 23.9. The zero-order chi connectivity index (χ0) is 24.0. The second-order valence-electron chi connectivity index (χ2n) is 9.32. The molecule has 0 spiro atoms. The molecule has 2 amide bonds. The molecule has 1 heterocycles. The fourth-order valence-corrected chi connectivity index (χ4v) is 5.55. The van der Waals surface area contributed by atoms with Crippen molar-refractivity contribution in [2.24, 2.45) is 17.8 Å². The first-order chi connectivity index (χ1) is 16.4. The van der Waals surface area contributed by atoms with Crippen LogP contribution in [0.2, 0.25) is 0 Å². The van der Waals surface area contributed by atoms with E-state index in [0.29, 0.717) is 13.1 Å². The molecule has 0 bridgehead atoms. The highest BCUT2D eigenvalue weighted by Crippen LogP contribution is 2.52. The Morgan fingerprint density at radius 3 is 2.12 bits per heavy atom. The molecule has 2 aromatic rings. The molecule has 3 aliphatic rings. The minimum Gasteiger partial charge on any atom is -0.481 e. The van der Waals surface area contributed by atoms with E-state index in [2.05, 4.69) is 17.4 Å².